The summed E-state index contributed by atoms with van der Waals surface area (Å²) in [5.74, 6) is -0.674. The van der Waals surface area contributed by atoms with Gasteiger partial charge < -0.3 is 19.9 Å². The van der Waals surface area contributed by atoms with Crippen LogP contribution in [0.25, 0.3) is 0 Å². The summed E-state index contributed by atoms with van der Waals surface area (Å²) in [6.07, 6.45) is -0.423. The molecule has 0 heterocycles. The molecule has 0 bridgehead atoms. The largest absolute Gasteiger partial charge is 0.461 e. The summed E-state index contributed by atoms with van der Waals surface area (Å²) in [5, 5.41) is 11.7. The molecule has 0 aromatic rings. The molecule has 2 N–H and O–H groups in total. The quantitative estimate of drug-likeness (QED) is 0.531. The van der Waals surface area contributed by atoms with Gasteiger partial charge in [-0.15, -0.1) is 0 Å². The molecule has 1 unspecified atom stereocenters. The average Bonchev–Trinajstić information content (AvgIpc) is 2.24. The van der Waals surface area contributed by atoms with Crippen molar-refractivity contribution in [3.05, 3.63) is 0 Å². The molecule has 0 rings (SSSR count). The van der Waals surface area contributed by atoms with Crippen LogP contribution in [0, 0.1) is 0 Å². The lowest BCUT2D eigenvalue weighted by molar-refractivity contribution is -0.152. The molecule has 0 spiro atoms. The fourth-order valence-electron chi connectivity index (χ4n) is 1.16. The van der Waals surface area contributed by atoms with Crippen LogP contribution < -0.4 is 5.32 Å². The van der Waals surface area contributed by atoms with Crippen molar-refractivity contribution in [2.24, 2.45) is 0 Å². The van der Waals surface area contributed by atoms with Gasteiger partial charge in [-0.1, -0.05) is 13.3 Å². The number of carbonyl (C=O) groups is 2. The molecule has 0 fully saturated rings. The second-order valence-corrected chi connectivity index (χ2v) is 4.34. The minimum absolute atomic E-state index is 0.286. The van der Waals surface area contributed by atoms with Crippen LogP contribution in [0.3, 0.4) is 0 Å². The first-order valence-corrected chi connectivity index (χ1v) is 6.20. The van der Waals surface area contributed by atoms with Gasteiger partial charge in [0.1, 0.15) is 0 Å². The normalized spacial score (nSPS) is 13.9. The van der Waals surface area contributed by atoms with Crippen molar-refractivity contribution in [1.82, 2.24) is 5.32 Å². The van der Waals surface area contributed by atoms with Crippen molar-refractivity contribution in [1.29, 1.82) is 0 Å². The number of amides is 1. The van der Waals surface area contributed by atoms with Crippen LogP contribution in [0.15, 0.2) is 0 Å². The Morgan fingerprint density at radius 1 is 1.28 bits per heavy atom. The first-order chi connectivity index (χ1) is 8.38. The Balaban J connectivity index is 4.26. The molecule has 18 heavy (non-hydrogen) atoms. The zero-order valence-electron chi connectivity index (χ0n) is 11.4. The average molecular weight is 261 g/mol. The highest BCUT2D eigenvalue weighted by molar-refractivity contribution is 5.82. The van der Waals surface area contributed by atoms with Crippen LogP contribution in [-0.4, -0.2) is 42.0 Å². The SMILES string of the molecule is CCCCOC(=O)NC(C(=O)OC(C)C)[C@H](C)O. The lowest BCUT2D eigenvalue weighted by atomic mass is 10.2. The zero-order chi connectivity index (χ0) is 14.1. The van der Waals surface area contributed by atoms with E-state index in [2.05, 4.69) is 5.32 Å². The van der Waals surface area contributed by atoms with Gasteiger partial charge in [0.15, 0.2) is 6.04 Å². The van der Waals surface area contributed by atoms with Crippen LogP contribution in [-0.2, 0) is 14.3 Å². The van der Waals surface area contributed by atoms with Gasteiger partial charge in [0.25, 0.3) is 0 Å². The molecule has 6 heteroatoms. The third-order valence-corrected chi connectivity index (χ3v) is 2.09. The maximum atomic E-state index is 11.6. The summed E-state index contributed by atoms with van der Waals surface area (Å²) in [4.78, 5) is 23.0. The summed E-state index contributed by atoms with van der Waals surface area (Å²) < 4.78 is 9.78. The van der Waals surface area contributed by atoms with E-state index in [-0.39, 0.29) is 12.7 Å². The summed E-state index contributed by atoms with van der Waals surface area (Å²) in [7, 11) is 0. The second-order valence-electron chi connectivity index (χ2n) is 4.34. The molecule has 0 saturated carbocycles. The maximum absolute atomic E-state index is 11.6. The van der Waals surface area contributed by atoms with Crippen molar-refractivity contribution in [2.75, 3.05) is 6.61 Å². The van der Waals surface area contributed by atoms with Gasteiger partial charge in [0, 0.05) is 0 Å². The van der Waals surface area contributed by atoms with Crippen molar-refractivity contribution in [2.45, 2.75) is 58.8 Å². The second kappa shape index (κ2) is 8.74. The van der Waals surface area contributed by atoms with Crippen molar-refractivity contribution < 1.29 is 24.2 Å². The number of ether oxygens (including phenoxy) is 2. The Hall–Kier alpha value is -1.30. The highest BCUT2D eigenvalue weighted by Gasteiger charge is 2.28. The maximum Gasteiger partial charge on any atom is 0.407 e. The Morgan fingerprint density at radius 2 is 1.89 bits per heavy atom. The number of nitrogens with one attached hydrogen (secondary N) is 1. The van der Waals surface area contributed by atoms with Gasteiger partial charge >= 0.3 is 12.1 Å². The number of aliphatic hydroxyl groups excluding tert-OH is 1. The first kappa shape index (κ1) is 16.7. The third kappa shape index (κ3) is 7.11. The zero-order valence-corrected chi connectivity index (χ0v) is 11.4. The molecule has 0 aliphatic heterocycles. The van der Waals surface area contributed by atoms with E-state index in [1.807, 2.05) is 6.92 Å². The lowest BCUT2D eigenvalue weighted by Gasteiger charge is -2.20. The fourth-order valence-corrected chi connectivity index (χ4v) is 1.16. The van der Waals surface area contributed by atoms with E-state index < -0.39 is 24.2 Å². The van der Waals surface area contributed by atoms with Gasteiger partial charge in [-0.2, -0.15) is 0 Å². The molecular weight excluding hydrogens is 238 g/mol. The van der Waals surface area contributed by atoms with E-state index >= 15 is 0 Å². The molecule has 0 aliphatic rings. The highest BCUT2D eigenvalue weighted by atomic mass is 16.6. The van der Waals surface area contributed by atoms with E-state index in [0.29, 0.717) is 0 Å². The van der Waals surface area contributed by atoms with Gasteiger partial charge in [0.2, 0.25) is 0 Å². The van der Waals surface area contributed by atoms with Crippen molar-refractivity contribution in [3.63, 3.8) is 0 Å². The standard InChI is InChI=1S/C12H23NO5/c1-5-6-7-17-12(16)13-10(9(4)14)11(15)18-8(2)3/h8-10,14H,5-7H2,1-4H3,(H,13,16)/t9-,10?/m0/s1. The van der Waals surface area contributed by atoms with Crippen LogP contribution in [0.4, 0.5) is 4.79 Å². The molecule has 0 aromatic carbocycles. The smallest absolute Gasteiger partial charge is 0.407 e. The van der Waals surface area contributed by atoms with Crippen LogP contribution in [0.1, 0.15) is 40.5 Å². The highest BCUT2D eigenvalue weighted by Crippen LogP contribution is 2.01. The molecule has 0 radical (unpaired) electrons. The number of rotatable bonds is 7. The van der Waals surface area contributed by atoms with Crippen molar-refractivity contribution >= 4 is 12.1 Å². The summed E-state index contributed by atoms with van der Waals surface area (Å²) in [6.45, 7) is 7.04. The van der Waals surface area contributed by atoms with E-state index in [0.717, 1.165) is 12.8 Å². The minimum Gasteiger partial charge on any atom is -0.461 e. The van der Waals surface area contributed by atoms with Gasteiger partial charge in [-0.05, 0) is 27.2 Å². The fraction of sp³-hybridized carbons (Fsp3) is 0.833. The van der Waals surface area contributed by atoms with E-state index in [1.165, 1.54) is 6.92 Å². The number of carbonyl (C=O) groups excluding carboxylic acids is 2. The molecule has 6 nitrogen and oxygen atoms in total. The molecular formula is C12H23NO5. The van der Waals surface area contributed by atoms with Gasteiger partial charge in [0.05, 0.1) is 18.8 Å². The Morgan fingerprint density at radius 3 is 2.33 bits per heavy atom. The monoisotopic (exact) mass is 261 g/mol. The lowest BCUT2D eigenvalue weighted by Crippen LogP contribution is -2.49. The molecule has 1 amide bonds. The van der Waals surface area contributed by atoms with Crippen molar-refractivity contribution in [3.8, 4) is 0 Å². The van der Waals surface area contributed by atoms with Crippen LogP contribution >= 0.6 is 0 Å². The number of unbranched alkanes of at least 4 members (excludes halogenated alkanes) is 1. The summed E-state index contributed by atoms with van der Waals surface area (Å²) in [6, 6.07) is -1.11. The summed E-state index contributed by atoms with van der Waals surface area (Å²) >= 11 is 0. The summed E-state index contributed by atoms with van der Waals surface area (Å²) in [5.41, 5.74) is 0. The van der Waals surface area contributed by atoms with Crippen LogP contribution in [0.5, 0.6) is 0 Å². The number of aliphatic hydroxyl groups is 1. The first-order valence-electron chi connectivity index (χ1n) is 6.20. The van der Waals surface area contributed by atoms with Gasteiger partial charge in [-0.3, -0.25) is 0 Å². The predicted molar refractivity (Wildman–Crippen MR) is 66.1 cm³/mol. The van der Waals surface area contributed by atoms with Gasteiger partial charge in [-0.25, -0.2) is 9.59 Å². The molecule has 0 aliphatic carbocycles. The molecule has 106 valence electrons. The number of hydrogen-bond acceptors (Lipinski definition) is 5. The van der Waals surface area contributed by atoms with E-state index in [1.54, 1.807) is 13.8 Å². The Kier molecular flexibility index (Phi) is 8.11. The Labute approximate surface area is 108 Å². The number of hydrogen-bond donors (Lipinski definition) is 2. The predicted octanol–water partition coefficient (Wildman–Crippen LogP) is 1.21. The third-order valence-electron chi connectivity index (χ3n) is 2.09. The number of alkyl carbamates (subject to hydrolysis) is 1. The van der Waals surface area contributed by atoms with E-state index in [9.17, 15) is 14.7 Å². The molecule has 2 atom stereocenters. The molecule has 0 saturated heterocycles. The number of esters is 1. The molecule has 0 aromatic heterocycles. The van der Waals surface area contributed by atoms with E-state index in [4.69, 9.17) is 9.47 Å². The topological polar surface area (TPSA) is 84.9 Å². The Bertz CT molecular complexity index is 265. The minimum atomic E-state index is -1.11. The van der Waals surface area contributed by atoms with Crippen LogP contribution in [0.2, 0.25) is 0 Å².